The molecule has 2 aromatic rings. The Bertz CT molecular complexity index is 931. The molecule has 0 aromatic heterocycles. The number of halogens is 1. The van der Waals surface area contributed by atoms with Crippen molar-refractivity contribution in [1.29, 1.82) is 0 Å². The Labute approximate surface area is 149 Å². The fraction of sp³-hybridized carbons (Fsp3) is 0.133. The van der Waals surface area contributed by atoms with Crippen molar-refractivity contribution in [2.24, 2.45) is 0 Å². The molecular weight excluding hydrogens is 370 g/mol. The zero-order valence-electron chi connectivity index (χ0n) is 13.0. The molecule has 2 aromatic carbocycles. The van der Waals surface area contributed by atoms with E-state index in [1.54, 1.807) is 31.2 Å². The maximum absolute atomic E-state index is 12.2. The van der Waals surface area contributed by atoms with E-state index in [9.17, 15) is 23.3 Å². The molecule has 8 nitrogen and oxygen atoms in total. The number of hydrogen-bond donors (Lipinski definition) is 2. The number of nitrogens with zero attached hydrogens (tertiary/aromatic N) is 1. The highest BCUT2D eigenvalue weighted by Gasteiger charge is 2.21. The van der Waals surface area contributed by atoms with E-state index < -0.39 is 33.1 Å². The maximum atomic E-state index is 12.2. The van der Waals surface area contributed by atoms with Crippen molar-refractivity contribution in [1.82, 2.24) is 4.72 Å². The molecule has 2 rings (SSSR count). The summed E-state index contributed by atoms with van der Waals surface area (Å²) in [6, 6.07) is 10.1. The highest BCUT2D eigenvalue weighted by molar-refractivity contribution is 7.89. The second-order valence-corrected chi connectivity index (χ2v) is 7.23. The summed E-state index contributed by atoms with van der Waals surface area (Å²) in [6.45, 7) is 1.28. The molecule has 132 valence electrons. The van der Waals surface area contributed by atoms with Gasteiger partial charge in [-0.05, 0) is 30.7 Å². The van der Waals surface area contributed by atoms with Gasteiger partial charge >= 0.3 is 0 Å². The van der Waals surface area contributed by atoms with Crippen LogP contribution in [-0.4, -0.2) is 25.8 Å². The summed E-state index contributed by atoms with van der Waals surface area (Å²) in [5.41, 5.74) is 0.856. The van der Waals surface area contributed by atoms with Crippen molar-refractivity contribution >= 4 is 38.9 Å². The molecule has 10 heteroatoms. The second kappa shape index (κ2) is 7.60. The van der Waals surface area contributed by atoms with Crippen LogP contribution >= 0.6 is 11.6 Å². The number of carbonyl (C=O) groups excluding carboxylic acids is 1. The van der Waals surface area contributed by atoms with Gasteiger partial charge in [0.2, 0.25) is 15.9 Å². The molecule has 2 N–H and O–H groups in total. The van der Waals surface area contributed by atoms with Crippen LogP contribution < -0.4 is 10.0 Å². The number of hydrogen-bond acceptors (Lipinski definition) is 5. The molecule has 25 heavy (non-hydrogen) atoms. The quantitative estimate of drug-likeness (QED) is 0.586. The first-order chi connectivity index (χ1) is 11.7. The number of sulfonamides is 1. The molecule has 0 heterocycles. The molecule has 0 saturated carbocycles. The molecule has 0 aliphatic rings. The van der Waals surface area contributed by atoms with E-state index in [0.29, 0.717) is 5.69 Å². The summed E-state index contributed by atoms with van der Waals surface area (Å²) in [4.78, 5) is 21.6. The van der Waals surface area contributed by atoms with Crippen LogP contribution in [0.15, 0.2) is 47.4 Å². The molecule has 0 aliphatic carbocycles. The van der Waals surface area contributed by atoms with Gasteiger partial charge in [-0.2, -0.15) is 0 Å². The molecule has 0 saturated heterocycles. The number of amides is 1. The number of nitro groups is 1. The van der Waals surface area contributed by atoms with Gasteiger partial charge in [0.1, 0.15) is 5.02 Å². The molecule has 0 fully saturated rings. The molecule has 0 radical (unpaired) electrons. The van der Waals surface area contributed by atoms with Gasteiger partial charge in [-0.25, -0.2) is 13.1 Å². The normalized spacial score (nSPS) is 11.1. The van der Waals surface area contributed by atoms with Gasteiger partial charge in [0.25, 0.3) is 5.69 Å². The number of anilines is 1. The van der Waals surface area contributed by atoms with Crippen LogP contribution in [0.4, 0.5) is 11.4 Å². The first kappa shape index (κ1) is 18.8. The van der Waals surface area contributed by atoms with Crippen molar-refractivity contribution in [2.75, 3.05) is 11.9 Å². The van der Waals surface area contributed by atoms with Gasteiger partial charge in [0.05, 0.1) is 16.4 Å². The van der Waals surface area contributed by atoms with E-state index in [2.05, 4.69) is 10.0 Å². The number of para-hydroxylation sites is 1. The lowest BCUT2D eigenvalue weighted by molar-refractivity contribution is -0.384. The van der Waals surface area contributed by atoms with E-state index in [4.69, 9.17) is 11.6 Å². The monoisotopic (exact) mass is 383 g/mol. The van der Waals surface area contributed by atoms with E-state index in [1.165, 1.54) is 0 Å². The topological polar surface area (TPSA) is 118 Å². The molecule has 0 bridgehead atoms. The number of benzene rings is 2. The van der Waals surface area contributed by atoms with Crippen LogP contribution in [0.1, 0.15) is 5.56 Å². The highest BCUT2D eigenvalue weighted by atomic mass is 35.5. The third kappa shape index (κ3) is 4.75. The maximum Gasteiger partial charge on any atom is 0.289 e. The summed E-state index contributed by atoms with van der Waals surface area (Å²) in [6.07, 6.45) is 0. The van der Waals surface area contributed by atoms with Crippen LogP contribution in [0, 0.1) is 17.0 Å². The van der Waals surface area contributed by atoms with Gasteiger partial charge in [-0.3, -0.25) is 14.9 Å². The fourth-order valence-corrected chi connectivity index (χ4v) is 3.14. The third-order valence-corrected chi connectivity index (χ3v) is 4.99. The zero-order chi connectivity index (χ0) is 18.6. The molecule has 0 atom stereocenters. The lowest BCUT2D eigenvalue weighted by atomic mass is 10.2. The first-order valence-electron chi connectivity index (χ1n) is 7.00. The molecule has 0 unspecified atom stereocenters. The van der Waals surface area contributed by atoms with Gasteiger partial charge in [0.15, 0.2) is 0 Å². The lowest BCUT2D eigenvalue weighted by Crippen LogP contribution is -2.33. The minimum atomic E-state index is -4.10. The number of nitro benzene ring substituents is 1. The smallest absolute Gasteiger partial charge is 0.289 e. The van der Waals surface area contributed by atoms with Crippen LogP contribution in [0.3, 0.4) is 0 Å². The van der Waals surface area contributed by atoms with Crippen LogP contribution in [-0.2, 0) is 14.8 Å². The average Bonchev–Trinajstić information content (AvgIpc) is 2.55. The minimum Gasteiger partial charge on any atom is -0.325 e. The summed E-state index contributed by atoms with van der Waals surface area (Å²) in [7, 11) is -4.10. The minimum absolute atomic E-state index is 0.179. The predicted molar refractivity (Wildman–Crippen MR) is 93.1 cm³/mol. The van der Waals surface area contributed by atoms with Crippen LogP contribution in [0.5, 0.6) is 0 Å². The SMILES string of the molecule is Cc1ccccc1NC(=O)CNS(=O)(=O)c1ccc(Cl)c([N+](=O)[O-])c1. The van der Waals surface area contributed by atoms with Crippen molar-refractivity contribution in [3.8, 4) is 0 Å². The van der Waals surface area contributed by atoms with Crippen LogP contribution in [0.25, 0.3) is 0 Å². The first-order valence-corrected chi connectivity index (χ1v) is 8.86. The molecule has 0 aliphatic heterocycles. The van der Waals surface area contributed by atoms with Crippen molar-refractivity contribution in [3.05, 3.63) is 63.2 Å². The number of nitrogens with one attached hydrogen (secondary N) is 2. The van der Waals surface area contributed by atoms with Crippen molar-refractivity contribution < 1.29 is 18.1 Å². The summed E-state index contributed by atoms with van der Waals surface area (Å²) >= 11 is 5.65. The average molecular weight is 384 g/mol. The van der Waals surface area contributed by atoms with Gasteiger partial charge < -0.3 is 5.32 Å². The standard InChI is InChI=1S/C15H14ClN3O5S/c1-10-4-2-3-5-13(10)18-15(20)9-17-25(23,24)11-6-7-12(16)14(8-11)19(21)22/h2-8,17H,9H2,1H3,(H,18,20). The Balaban J connectivity index is 2.09. The van der Waals surface area contributed by atoms with Gasteiger partial charge in [-0.15, -0.1) is 0 Å². The second-order valence-electron chi connectivity index (χ2n) is 5.06. The van der Waals surface area contributed by atoms with E-state index in [1.807, 2.05) is 0 Å². The fourth-order valence-electron chi connectivity index (χ4n) is 1.95. The van der Waals surface area contributed by atoms with Gasteiger partial charge in [0, 0.05) is 11.8 Å². The molecule has 0 spiro atoms. The Morgan fingerprint density at radius 1 is 1.24 bits per heavy atom. The summed E-state index contributed by atoms with van der Waals surface area (Å²) < 4.78 is 26.5. The lowest BCUT2D eigenvalue weighted by Gasteiger charge is -2.09. The predicted octanol–water partition coefficient (Wildman–Crippen LogP) is 2.47. The highest BCUT2D eigenvalue weighted by Crippen LogP contribution is 2.26. The summed E-state index contributed by atoms with van der Waals surface area (Å²) in [5.74, 6) is -0.568. The van der Waals surface area contributed by atoms with Crippen LogP contribution in [0.2, 0.25) is 5.02 Å². The molecule has 1 amide bonds. The summed E-state index contributed by atoms with van der Waals surface area (Å²) in [5, 5.41) is 13.2. The van der Waals surface area contributed by atoms with Gasteiger partial charge in [-0.1, -0.05) is 29.8 Å². The van der Waals surface area contributed by atoms with E-state index >= 15 is 0 Å². The molecular formula is C15H14ClN3O5S. The van der Waals surface area contributed by atoms with E-state index in [0.717, 1.165) is 23.8 Å². The zero-order valence-corrected chi connectivity index (χ0v) is 14.6. The Morgan fingerprint density at radius 2 is 1.92 bits per heavy atom. The number of rotatable bonds is 6. The number of carbonyl (C=O) groups is 1. The Morgan fingerprint density at radius 3 is 2.56 bits per heavy atom. The Hall–Kier alpha value is -2.49. The van der Waals surface area contributed by atoms with Crippen molar-refractivity contribution in [3.63, 3.8) is 0 Å². The number of aryl methyl sites for hydroxylation is 1. The largest absolute Gasteiger partial charge is 0.325 e. The van der Waals surface area contributed by atoms with E-state index in [-0.39, 0.29) is 9.92 Å². The Kier molecular flexibility index (Phi) is 5.73. The van der Waals surface area contributed by atoms with Crippen molar-refractivity contribution in [2.45, 2.75) is 11.8 Å². The third-order valence-electron chi connectivity index (χ3n) is 3.27.